The Morgan fingerprint density at radius 3 is 2.00 bits per heavy atom. The predicted molar refractivity (Wildman–Crippen MR) is 137 cm³/mol. The number of aliphatic hydroxyl groups is 1. The highest BCUT2D eigenvalue weighted by Crippen LogP contribution is 2.27. The zero-order valence-electron chi connectivity index (χ0n) is 20.3. The number of hydrazone groups is 1. The molecule has 0 amide bonds. The maximum atomic E-state index is 14.3. The first kappa shape index (κ1) is 27.0. The van der Waals surface area contributed by atoms with Crippen LogP contribution < -0.4 is 5.43 Å². The van der Waals surface area contributed by atoms with Crippen molar-refractivity contribution in [3.05, 3.63) is 107 Å². The highest BCUT2D eigenvalue weighted by Gasteiger charge is 2.25. The van der Waals surface area contributed by atoms with Crippen LogP contribution in [0.3, 0.4) is 0 Å². The van der Waals surface area contributed by atoms with Gasteiger partial charge in [-0.15, -0.1) is 0 Å². The SMILES string of the molecule is CCOC(=O)C(/C=N/Nc1nc(-c2ccccc2)cc(-c2ccccc2)n1)=C(/O)c1cc(F)c(F)c(F)c1F. The van der Waals surface area contributed by atoms with Crippen molar-refractivity contribution in [3.63, 3.8) is 0 Å². The van der Waals surface area contributed by atoms with Crippen molar-refractivity contribution in [1.82, 2.24) is 9.97 Å². The molecule has 0 atom stereocenters. The van der Waals surface area contributed by atoms with Crippen LogP contribution in [-0.4, -0.2) is 33.9 Å². The fourth-order valence-electron chi connectivity index (χ4n) is 3.48. The second-order valence-corrected chi connectivity index (χ2v) is 7.89. The van der Waals surface area contributed by atoms with E-state index in [0.717, 1.165) is 17.3 Å². The summed E-state index contributed by atoms with van der Waals surface area (Å²) in [5.74, 6) is -10.3. The van der Waals surface area contributed by atoms with Crippen LogP contribution in [0.25, 0.3) is 28.3 Å². The third-order valence-corrected chi connectivity index (χ3v) is 5.33. The Bertz CT molecular complexity index is 1500. The van der Waals surface area contributed by atoms with Crippen molar-refractivity contribution >= 4 is 23.9 Å². The van der Waals surface area contributed by atoms with Gasteiger partial charge in [0, 0.05) is 11.1 Å². The maximum Gasteiger partial charge on any atom is 0.343 e. The van der Waals surface area contributed by atoms with Gasteiger partial charge in [-0.25, -0.2) is 37.7 Å². The molecule has 3 aromatic carbocycles. The quantitative estimate of drug-likeness (QED) is 0.0401. The first-order chi connectivity index (χ1) is 18.8. The van der Waals surface area contributed by atoms with Crippen LogP contribution >= 0.6 is 0 Å². The van der Waals surface area contributed by atoms with Crippen molar-refractivity contribution in [3.8, 4) is 22.5 Å². The number of aromatic nitrogens is 2. The molecule has 198 valence electrons. The lowest BCUT2D eigenvalue weighted by Gasteiger charge is -2.10. The molecular formula is C28H20F4N4O3. The molecule has 1 heterocycles. The van der Waals surface area contributed by atoms with E-state index in [1.807, 2.05) is 60.7 Å². The molecule has 0 aliphatic carbocycles. The fraction of sp³-hybridized carbons (Fsp3) is 0.0714. The van der Waals surface area contributed by atoms with E-state index in [1.165, 1.54) is 6.92 Å². The van der Waals surface area contributed by atoms with Crippen LogP contribution in [0.4, 0.5) is 23.5 Å². The van der Waals surface area contributed by atoms with Crippen molar-refractivity contribution in [2.75, 3.05) is 12.0 Å². The molecule has 4 rings (SSSR count). The van der Waals surface area contributed by atoms with Crippen LogP contribution in [0.5, 0.6) is 0 Å². The number of anilines is 1. The smallest absolute Gasteiger partial charge is 0.343 e. The van der Waals surface area contributed by atoms with Gasteiger partial charge in [-0.1, -0.05) is 60.7 Å². The third kappa shape index (κ3) is 6.09. The Balaban J connectivity index is 1.74. The van der Waals surface area contributed by atoms with Gasteiger partial charge in [-0.3, -0.25) is 0 Å². The van der Waals surface area contributed by atoms with Crippen molar-refractivity contribution < 1.29 is 32.2 Å². The molecule has 1 aromatic heterocycles. The first-order valence-corrected chi connectivity index (χ1v) is 11.5. The molecule has 0 radical (unpaired) electrons. The van der Waals surface area contributed by atoms with Gasteiger partial charge in [0.1, 0.15) is 11.3 Å². The number of rotatable bonds is 8. The van der Waals surface area contributed by atoms with E-state index >= 15 is 0 Å². The second-order valence-electron chi connectivity index (χ2n) is 7.89. The molecule has 39 heavy (non-hydrogen) atoms. The average Bonchev–Trinajstić information content (AvgIpc) is 2.96. The normalized spacial score (nSPS) is 11.8. The number of carbonyl (C=O) groups excluding carboxylic acids is 1. The molecule has 0 aliphatic heterocycles. The minimum atomic E-state index is -2.16. The number of nitrogens with one attached hydrogen (secondary N) is 1. The molecule has 0 bridgehead atoms. The summed E-state index contributed by atoms with van der Waals surface area (Å²) in [7, 11) is 0. The monoisotopic (exact) mass is 536 g/mol. The van der Waals surface area contributed by atoms with E-state index in [2.05, 4.69) is 20.5 Å². The minimum Gasteiger partial charge on any atom is -0.506 e. The number of nitrogens with zero attached hydrogens (tertiary/aromatic N) is 3. The number of benzene rings is 3. The number of carbonyl (C=O) groups is 1. The summed E-state index contributed by atoms with van der Waals surface area (Å²) >= 11 is 0. The van der Waals surface area contributed by atoms with Gasteiger partial charge >= 0.3 is 5.97 Å². The highest BCUT2D eigenvalue weighted by molar-refractivity contribution is 6.15. The standard InChI is InChI=1S/C28H20F4N4O3/c1-2-39-27(38)19(26(37)18-13-20(29)24(31)25(32)23(18)30)15-33-36-28-34-21(16-9-5-3-6-10-16)14-22(35-28)17-11-7-4-8-12-17/h3-15,37H,2H2,1H3,(H,34,35,36)/b26-19+,33-15+. The molecule has 0 fully saturated rings. The van der Waals surface area contributed by atoms with Gasteiger partial charge in [-0.2, -0.15) is 5.10 Å². The molecule has 0 saturated heterocycles. The lowest BCUT2D eigenvalue weighted by molar-refractivity contribution is -0.137. The van der Waals surface area contributed by atoms with Crippen LogP contribution in [-0.2, 0) is 9.53 Å². The summed E-state index contributed by atoms with van der Waals surface area (Å²) in [6.45, 7) is 1.32. The first-order valence-electron chi connectivity index (χ1n) is 11.5. The molecule has 0 saturated carbocycles. The molecule has 0 spiro atoms. The lowest BCUT2D eigenvalue weighted by atomic mass is 10.1. The summed E-state index contributed by atoms with van der Waals surface area (Å²) in [6, 6.07) is 20.4. The lowest BCUT2D eigenvalue weighted by Crippen LogP contribution is -2.13. The third-order valence-electron chi connectivity index (χ3n) is 5.33. The van der Waals surface area contributed by atoms with Gasteiger partial charge < -0.3 is 9.84 Å². The van der Waals surface area contributed by atoms with Gasteiger partial charge in [0.05, 0.1) is 29.8 Å². The van der Waals surface area contributed by atoms with Crippen LogP contribution in [0.2, 0.25) is 0 Å². The number of hydrogen-bond donors (Lipinski definition) is 2. The topological polar surface area (TPSA) is 96.7 Å². The molecule has 4 aromatic rings. The summed E-state index contributed by atoms with van der Waals surface area (Å²) < 4.78 is 60.0. The van der Waals surface area contributed by atoms with Crippen LogP contribution in [0.15, 0.2) is 83.5 Å². The fourth-order valence-corrected chi connectivity index (χ4v) is 3.48. The Hall–Kier alpha value is -5.06. The Labute approximate surface area is 220 Å². The van der Waals surface area contributed by atoms with Crippen LogP contribution in [0, 0.1) is 23.3 Å². The van der Waals surface area contributed by atoms with E-state index < -0.39 is 46.1 Å². The van der Waals surface area contributed by atoms with Crippen molar-refractivity contribution in [1.29, 1.82) is 0 Å². The van der Waals surface area contributed by atoms with E-state index in [4.69, 9.17) is 4.74 Å². The zero-order valence-corrected chi connectivity index (χ0v) is 20.3. The summed E-state index contributed by atoms with van der Waals surface area (Å²) in [5, 5.41) is 14.4. The largest absolute Gasteiger partial charge is 0.506 e. The Kier molecular flexibility index (Phi) is 8.30. The zero-order chi connectivity index (χ0) is 27.9. The number of halogens is 4. The number of ether oxygens (including phenoxy) is 1. The molecule has 0 aliphatic rings. The summed E-state index contributed by atoms with van der Waals surface area (Å²) in [5.41, 5.74) is 3.33. The van der Waals surface area contributed by atoms with Gasteiger partial charge in [0.15, 0.2) is 23.3 Å². The number of esters is 1. The van der Waals surface area contributed by atoms with Crippen molar-refractivity contribution in [2.45, 2.75) is 6.92 Å². The molecule has 2 N–H and O–H groups in total. The predicted octanol–water partition coefficient (Wildman–Crippen LogP) is 6.30. The Morgan fingerprint density at radius 1 is 0.897 bits per heavy atom. The van der Waals surface area contributed by atoms with E-state index in [9.17, 15) is 27.5 Å². The van der Waals surface area contributed by atoms with Gasteiger partial charge in [0.25, 0.3) is 0 Å². The summed E-state index contributed by atoms with van der Waals surface area (Å²) in [4.78, 5) is 21.3. The van der Waals surface area contributed by atoms with Gasteiger partial charge in [0.2, 0.25) is 5.95 Å². The van der Waals surface area contributed by atoms with Crippen LogP contribution in [0.1, 0.15) is 12.5 Å². The van der Waals surface area contributed by atoms with Gasteiger partial charge in [-0.05, 0) is 19.1 Å². The van der Waals surface area contributed by atoms with E-state index in [-0.39, 0.29) is 18.6 Å². The molecule has 0 unspecified atom stereocenters. The number of hydrogen-bond acceptors (Lipinski definition) is 7. The average molecular weight is 536 g/mol. The highest BCUT2D eigenvalue weighted by atomic mass is 19.2. The molecular weight excluding hydrogens is 516 g/mol. The Morgan fingerprint density at radius 2 is 1.46 bits per heavy atom. The molecule has 7 nitrogen and oxygen atoms in total. The second kappa shape index (κ2) is 12.0. The number of aliphatic hydroxyl groups excluding tert-OH is 1. The maximum absolute atomic E-state index is 14.3. The summed E-state index contributed by atoms with van der Waals surface area (Å²) in [6.07, 6.45) is 0.743. The van der Waals surface area contributed by atoms with E-state index in [0.29, 0.717) is 11.4 Å². The minimum absolute atomic E-state index is 0.000735. The van der Waals surface area contributed by atoms with E-state index in [1.54, 1.807) is 6.07 Å². The van der Waals surface area contributed by atoms with Crippen molar-refractivity contribution in [2.24, 2.45) is 5.10 Å². The molecule has 11 heteroatoms.